The summed E-state index contributed by atoms with van der Waals surface area (Å²) in [5, 5.41) is 27.2. The number of aliphatic hydroxyl groups excluding tert-OH is 2. The molecule has 0 spiro atoms. The highest BCUT2D eigenvalue weighted by Gasteiger charge is 2.05. The molecular weight excluding hydrogens is 801 g/mol. The maximum atomic E-state index is 12.0. The van der Waals surface area contributed by atoms with E-state index in [4.69, 9.17) is 24.7 Å². The van der Waals surface area contributed by atoms with Crippen LogP contribution < -0.4 is 10.6 Å². The average molecular weight is 843 g/mol. The first kappa shape index (κ1) is 46.6. The van der Waals surface area contributed by atoms with E-state index in [9.17, 15) is 14.1 Å². The molecule has 12 nitrogen and oxygen atoms in total. The standard InChI is InChI=1S/C22H42N4O8S11/c27-1-5-35-7-3-32-21(29)25-12-39-16-38-11-24-14-45(31)20-43-18-41-17-42-19-44-22(30)26-13-40-15-37-10-23-9-34-33-4-8-36-6-2-28/h9,14,27-28H,1-8,10-13,15-20H2,(H,25,29)(H,26,30)/b23-9+,24-14-. The number of ether oxygens (including phenoxy) is 1. The highest BCUT2D eigenvalue weighted by Crippen LogP contribution is 2.22. The zero-order valence-electron chi connectivity index (χ0n) is 24.6. The number of alkyl carbamates (subject to hydrolysis) is 1. The van der Waals surface area contributed by atoms with Gasteiger partial charge in [-0.2, -0.15) is 28.4 Å². The average Bonchev–Trinajstić information content (AvgIpc) is 3.03. The summed E-state index contributed by atoms with van der Waals surface area (Å²) in [6.45, 7) is 1.04. The van der Waals surface area contributed by atoms with Gasteiger partial charge in [0.25, 0.3) is 5.24 Å². The number of hydrogen-bond donors (Lipinski definition) is 4. The predicted octanol–water partition coefficient (Wildman–Crippen LogP) is 5.07. The van der Waals surface area contributed by atoms with Crippen molar-refractivity contribution < 1.29 is 38.9 Å². The number of carbonyl (C=O) groups is 2. The SMILES string of the molecule is O=C(NCSCSC/N=C\[S+]([O-])CSCSCSCSC(=O)NCSCSC/N=C/OOCCSCCO)OCCSCCO. The van der Waals surface area contributed by atoms with Crippen molar-refractivity contribution in [1.82, 2.24) is 10.6 Å². The molecule has 0 aromatic heterocycles. The number of aliphatic hydroxyl groups is 2. The van der Waals surface area contributed by atoms with Crippen molar-refractivity contribution in [1.29, 1.82) is 0 Å². The van der Waals surface area contributed by atoms with E-state index in [-0.39, 0.29) is 18.5 Å². The van der Waals surface area contributed by atoms with Crippen LogP contribution in [0.15, 0.2) is 9.98 Å². The molecule has 264 valence electrons. The molecule has 0 aliphatic rings. The predicted molar refractivity (Wildman–Crippen MR) is 213 cm³/mol. The Bertz CT molecular complexity index is 742. The number of amides is 2. The van der Waals surface area contributed by atoms with Crippen molar-refractivity contribution in [3.63, 3.8) is 0 Å². The molecule has 0 aliphatic heterocycles. The van der Waals surface area contributed by atoms with Gasteiger partial charge >= 0.3 is 6.09 Å². The fourth-order valence-electron chi connectivity index (χ4n) is 2.00. The first-order chi connectivity index (χ1) is 22.1. The molecule has 0 bridgehead atoms. The molecule has 0 rings (SSSR count). The topological polar surface area (TPSA) is 174 Å². The lowest BCUT2D eigenvalue weighted by molar-refractivity contribution is -0.210. The van der Waals surface area contributed by atoms with Gasteiger partial charge in [0.05, 0.1) is 36.7 Å². The lowest BCUT2D eigenvalue weighted by atomic mass is 10.8. The van der Waals surface area contributed by atoms with E-state index in [1.165, 1.54) is 47.2 Å². The third kappa shape index (κ3) is 39.9. The van der Waals surface area contributed by atoms with E-state index >= 15 is 0 Å². The summed E-state index contributed by atoms with van der Waals surface area (Å²) < 4.78 is 17.0. The number of nitrogens with zero attached hydrogens (tertiary/aromatic N) is 2. The highest BCUT2D eigenvalue weighted by atomic mass is 32.3. The number of hydrogen-bond acceptors (Lipinski definition) is 20. The Morgan fingerprint density at radius 1 is 0.733 bits per heavy atom. The van der Waals surface area contributed by atoms with Crippen LogP contribution in [0, 0.1) is 0 Å². The van der Waals surface area contributed by atoms with Crippen LogP contribution in [-0.4, -0.2) is 142 Å². The zero-order valence-corrected chi connectivity index (χ0v) is 33.6. The maximum absolute atomic E-state index is 12.0. The summed E-state index contributed by atoms with van der Waals surface area (Å²) in [6, 6.07) is 0. The normalized spacial score (nSPS) is 12.2. The van der Waals surface area contributed by atoms with E-state index in [0.717, 1.165) is 26.1 Å². The molecule has 2 amide bonds. The molecule has 1 atom stereocenters. The third-order valence-electron chi connectivity index (χ3n) is 3.73. The summed E-state index contributed by atoms with van der Waals surface area (Å²) in [7, 11) is 0. The zero-order chi connectivity index (χ0) is 32.9. The second-order valence-corrected chi connectivity index (χ2v) is 20.8. The minimum atomic E-state index is -1.11. The van der Waals surface area contributed by atoms with Crippen LogP contribution >= 0.6 is 118 Å². The summed E-state index contributed by atoms with van der Waals surface area (Å²) in [6.07, 6.45) is 0.829. The largest absolute Gasteiger partial charge is 0.610 e. The van der Waals surface area contributed by atoms with Crippen LogP contribution in [0.25, 0.3) is 0 Å². The number of nitrogens with one attached hydrogen (secondary N) is 2. The lowest BCUT2D eigenvalue weighted by Crippen LogP contribution is -2.24. The van der Waals surface area contributed by atoms with Gasteiger partial charge < -0.3 is 35.0 Å². The van der Waals surface area contributed by atoms with E-state index in [0.29, 0.717) is 64.1 Å². The van der Waals surface area contributed by atoms with Gasteiger partial charge in [-0.15, -0.1) is 70.6 Å². The Labute approximate surface area is 312 Å². The summed E-state index contributed by atoms with van der Waals surface area (Å²) in [5.41, 5.74) is 1.49. The van der Waals surface area contributed by atoms with E-state index < -0.39 is 17.3 Å². The third-order valence-corrected chi connectivity index (χ3v) is 15.8. The Balaban J connectivity index is 3.39. The van der Waals surface area contributed by atoms with Crippen LogP contribution in [0.5, 0.6) is 0 Å². The molecule has 4 N–H and O–H groups in total. The highest BCUT2D eigenvalue weighted by molar-refractivity contribution is 8.30. The van der Waals surface area contributed by atoms with E-state index in [2.05, 4.69) is 20.6 Å². The Morgan fingerprint density at radius 2 is 1.36 bits per heavy atom. The first-order valence-corrected chi connectivity index (χ1v) is 25.7. The minimum absolute atomic E-state index is 0.0377. The first-order valence-electron chi connectivity index (χ1n) is 13.0. The van der Waals surface area contributed by atoms with Crippen molar-refractivity contribution in [3.8, 4) is 0 Å². The van der Waals surface area contributed by atoms with Crippen molar-refractivity contribution in [2.24, 2.45) is 9.98 Å². The Morgan fingerprint density at radius 3 is 2.09 bits per heavy atom. The number of rotatable bonds is 33. The maximum Gasteiger partial charge on any atom is 0.407 e. The molecule has 0 aromatic carbocycles. The quantitative estimate of drug-likeness (QED) is 0.0131. The molecule has 45 heavy (non-hydrogen) atoms. The number of thioether (sulfide) groups is 10. The molecule has 0 saturated heterocycles. The molecule has 0 aliphatic carbocycles. The smallest absolute Gasteiger partial charge is 0.407 e. The van der Waals surface area contributed by atoms with E-state index in [1.54, 1.807) is 82.3 Å². The Kier molecular flexibility index (Phi) is 41.4. The molecular formula is C22H42N4O8S11. The van der Waals surface area contributed by atoms with Gasteiger partial charge in [0, 0.05) is 59.6 Å². The fraction of sp³-hybridized carbons (Fsp3) is 0.818. The van der Waals surface area contributed by atoms with Crippen LogP contribution in [0.3, 0.4) is 0 Å². The van der Waals surface area contributed by atoms with Gasteiger partial charge in [0.15, 0.2) is 5.08 Å². The fourth-order valence-corrected chi connectivity index (χ4v) is 11.9. The van der Waals surface area contributed by atoms with Crippen molar-refractivity contribution >= 4 is 152 Å². The van der Waals surface area contributed by atoms with Gasteiger partial charge in [-0.05, 0) is 0 Å². The second kappa shape index (κ2) is 40.0. The summed E-state index contributed by atoms with van der Waals surface area (Å²) >= 11 is 14.6. The second-order valence-electron chi connectivity index (χ2n) is 7.15. The Hall–Kier alpha value is 1.57. The molecule has 0 aromatic rings. The van der Waals surface area contributed by atoms with Crippen molar-refractivity contribution in [2.45, 2.75) is 0 Å². The number of aliphatic imine (C=N–C) groups is 2. The van der Waals surface area contributed by atoms with Gasteiger partial charge in [-0.25, -0.2) is 14.8 Å². The number of carbonyl (C=O) groups excluding carboxylic acids is 2. The van der Waals surface area contributed by atoms with Crippen LogP contribution in [0.2, 0.25) is 0 Å². The van der Waals surface area contributed by atoms with Gasteiger partial charge in [-0.1, -0.05) is 23.5 Å². The van der Waals surface area contributed by atoms with Crippen LogP contribution in [-0.2, 0) is 25.7 Å². The molecule has 0 fully saturated rings. The molecule has 0 heterocycles. The molecule has 0 radical (unpaired) electrons. The van der Waals surface area contributed by atoms with Crippen LogP contribution in [0.1, 0.15) is 0 Å². The van der Waals surface area contributed by atoms with Gasteiger partial charge in [0.2, 0.25) is 11.9 Å². The molecule has 0 saturated carbocycles. The van der Waals surface area contributed by atoms with Crippen molar-refractivity contribution in [3.05, 3.63) is 0 Å². The molecule has 23 heteroatoms. The minimum Gasteiger partial charge on any atom is -0.610 e. The van der Waals surface area contributed by atoms with Gasteiger partial charge in [0.1, 0.15) is 13.2 Å². The lowest BCUT2D eigenvalue weighted by Gasteiger charge is -2.06. The van der Waals surface area contributed by atoms with E-state index in [1.807, 2.05) is 0 Å². The van der Waals surface area contributed by atoms with Crippen molar-refractivity contribution in [2.75, 3.05) is 103 Å². The van der Waals surface area contributed by atoms with Gasteiger partial charge in [-0.3, -0.25) is 4.79 Å². The summed E-state index contributed by atoms with van der Waals surface area (Å²) in [5.74, 6) is 4.79. The monoisotopic (exact) mass is 842 g/mol. The summed E-state index contributed by atoms with van der Waals surface area (Å²) in [4.78, 5) is 41.4. The molecule has 1 unspecified atom stereocenters. The van der Waals surface area contributed by atoms with Crippen LogP contribution in [0.4, 0.5) is 9.59 Å².